The van der Waals surface area contributed by atoms with Crippen molar-refractivity contribution in [3.63, 3.8) is 0 Å². The second-order valence-electron chi connectivity index (χ2n) is 3.18. The Morgan fingerprint density at radius 2 is 2.18 bits per heavy atom. The molecule has 94 valence electrons. The molecule has 1 aromatic heterocycles. The van der Waals surface area contributed by atoms with Gasteiger partial charge in [-0.15, -0.1) is 0 Å². The number of carbonyl (C=O) groups is 1. The lowest BCUT2D eigenvalue weighted by molar-refractivity contribution is -0.159. The standard InChI is InChI=1S/C10H11Cl2NO4/c1-2-17-10(16)8(15)7(14)5-3-6(11)9(12)13-4-5/h3-4,7-8,14-15H,2H2,1H3. The van der Waals surface area contributed by atoms with E-state index in [0.717, 1.165) is 0 Å². The summed E-state index contributed by atoms with van der Waals surface area (Å²) in [5, 5.41) is 19.4. The summed E-state index contributed by atoms with van der Waals surface area (Å²) in [7, 11) is 0. The molecular weight excluding hydrogens is 269 g/mol. The van der Waals surface area contributed by atoms with Gasteiger partial charge in [0, 0.05) is 11.8 Å². The lowest BCUT2D eigenvalue weighted by Crippen LogP contribution is -2.30. The van der Waals surface area contributed by atoms with Crippen molar-refractivity contribution in [2.24, 2.45) is 0 Å². The predicted molar refractivity (Wildman–Crippen MR) is 61.9 cm³/mol. The minimum absolute atomic E-state index is 0.0771. The maximum atomic E-state index is 11.2. The molecule has 7 heteroatoms. The molecule has 0 saturated carbocycles. The third kappa shape index (κ3) is 3.54. The minimum Gasteiger partial charge on any atom is -0.464 e. The number of halogens is 2. The predicted octanol–water partition coefficient (Wildman–Crippen LogP) is 1.35. The van der Waals surface area contributed by atoms with Crippen molar-refractivity contribution in [3.05, 3.63) is 28.0 Å². The van der Waals surface area contributed by atoms with Gasteiger partial charge in [-0.3, -0.25) is 0 Å². The molecule has 5 nitrogen and oxygen atoms in total. The first-order valence-corrected chi connectivity index (χ1v) is 5.56. The minimum atomic E-state index is -1.69. The molecule has 2 atom stereocenters. The molecule has 2 unspecified atom stereocenters. The fourth-order valence-corrected chi connectivity index (χ4v) is 1.41. The monoisotopic (exact) mass is 279 g/mol. The molecule has 0 spiro atoms. The number of rotatable bonds is 4. The van der Waals surface area contributed by atoms with Gasteiger partial charge in [0.15, 0.2) is 6.10 Å². The lowest BCUT2D eigenvalue weighted by Gasteiger charge is -2.16. The maximum Gasteiger partial charge on any atom is 0.338 e. The van der Waals surface area contributed by atoms with Crippen molar-refractivity contribution in [2.75, 3.05) is 6.61 Å². The van der Waals surface area contributed by atoms with Crippen molar-refractivity contribution >= 4 is 29.2 Å². The van der Waals surface area contributed by atoms with E-state index in [-0.39, 0.29) is 22.3 Å². The second kappa shape index (κ2) is 6.16. The average molecular weight is 280 g/mol. The number of carbonyl (C=O) groups excluding carboxylic acids is 1. The van der Waals surface area contributed by atoms with E-state index in [0.29, 0.717) is 0 Å². The molecule has 0 saturated heterocycles. The van der Waals surface area contributed by atoms with Gasteiger partial charge in [-0.2, -0.15) is 0 Å². The van der Waals surface area contributed by atoms with Crippen LogP contribution in [0.4, 0.5) is 0 Å². The lowest BCUT2D eigenvalue weighted by atomic mass is 10.1. The van der Waals surface area contributed by atoms with Crippen LogP contribution >= 0.6 is 23.2 Å². The fourth-order valence-electron chi connectivity index (χ4n) is 1.14. The van der Waals surface area contributed by atoms with Crippen molar-refractivity contribution in [1.82, 2.24) is 4.98 Å². The quantitative estimate of drug-likeness (QED) is 0.642. The molecule has 0 radical (unpaired) electrons. The topological polar surface area (TPSA) is 79.7 Å². The number of nitrogens with zero attached hydrogens (tertiary/aromatic N) is 1. The highest BCUT2D eigenvalue weighted by molar-refractivity contribution is 6.41. The molecule has 1 heterocycles. The third-order valence-electron chi connectivity index (χ3n) is 1.99. The van der Waals surface area contributed by atoms with Gasteiger partial charge >= 0.3 is 5.97 Å². The Balaban J connectivity index is 2.84. The Bertz CT molecular complexity index is 413. The van der Waals surface area contributed by atoms with Crippen LogP contribution in [-0.4, -0.2) is 33.9 Å². The average Bonchev–Trinajstić information content (AvgIpc) is 2.31. The van der Waals surface area contributed by atoms with Crippen molar-refractivity contribution in [3.8, 4) is 0 Å². The van der Waals surface area contributed by atoms with Crippen LogP contribution in [0.3, 0.4) is 0 Å². The smallest absolute Gasteiger partial charge is 0.338 e. The molecule has 0 fully saturated rings. The Morgan fingerprint density at radius 3 is 2.71 bits per heavy atom. The van der Waals surface area contributed by atoms with Crippen LogP contribution in [-0.2, 0) is 9.53 Å². The summed E-state index contributed by atoms with van der Waals surface area (Å²) in [4.78, 5) is 14.9. The van der Waals surface area contributed by atoms with Crippen LogP contribution in [0.2, 0.25) is 10.2 Å². The van der Waals surface area contributed by atoms with Crippen LogP contribution in [0.15, 0.2) is 12.3 Å². The molecule has 0 amide bonds. The zero-order chi connectivity index (χ0) is 13.0. The highest BCUT2D eigenvalue weighted by Crippen LogP contribution is 2.25. The molecular formula is C10H11Cl2NO4. The third-order valence-corrected chi connectivity index (χ3v) is 2.67. The Labute approximate surface area is 108 Å². The first-order valence-electron chi connectivity index (χ1n) is 4.81. The van der Waals surface area contributed by atoms with Gasteiger partial charge in [0.2, 0.25) is 0 Å². The number of pyridine rings is 1. The van der Waals surface area contributed by atoms with Crippen LogP contribution < -0.4 is 0 Å². The van der Waals surface area contributed by atoms with E-state index in [1.165, 1.54) is 12.3 Å². The Morgan fingerprint density at radius 1 is 1.53 bits per heavy atom. The van der Waals surface area contributed by atoms with Crippen LogP contribution in [0.5, 0.6) is 0 Å². The zero-order valence-corrected chi connectivity index (χ0v) is 10.4. The van der Waals surface area contributed by atoms with E-state index in [2.05, 4.69) is 9.72 Å². The molecule has 0 aliphatic carbocycles. The number of hydrogen-bond acceptors (Lipinski definition) is 5. The van der Waals surface area contributed by atoms with Gasteiger partial charge in [-0.05, 0) is 13.0 Å². The molecule has 0 aromatic carbocycles. The number of aliphatic hydroxyl groups excluding tert-OH is 2. The van der Waals surface area contributed by atoms with Crippen molar-refractivity contribution in [1.29, 1.82) is 0 Å². The van der Waals surface area contributed by atoms with Gasteiger partial charge in [-0.1, -0.05) is 23.2 Å². The summed E-state index contributed by atoms with van der Waals surface area (Å²) in [5.74, 6) is -0.911. The fraction of sp³-hybridized carbons (Fsp3) is 0.400. The number of aromatic nitrogens is 1. The summed E-state index contributed by atoms with van der Waals surface area (Å²) in [6, 6.07) is 1.32. The van der Waals surface area contributed by atoms with E-state index in [1.54, 1.807) is 6.92 Å². The summed E-state index contributed by atoms with van der Waals surface area (Å²) >= 11 is 11.3. The van der Waals surface area contributed by atoms with Crippen LogP contribution in [0.25, 0.3) is 0 Å². The Kier molecular flexibility index (Phi) is 5.14. The molecule has 2 N–H and O–H groups in total. The zero-order valence-electron chi connectivity index (χ0n) is 8.93. The van der Waals surface area contributed by atoms with Crippen LogP contribution in [0.1, 0.15) is 18.6 Å². The van der Waals surface area contributed by atoms with E-state index in [4.69, 9.17) is 23.2 Å². The maximum absolute atomic E-state index is 11.2. The largest absolute Gasteiger partial charge is 0.464 e. The Hall–Kier alpha value is -0.880. The van der Waals surface area contributed by atoms with Gasteiger partial charge in [0.05, 0.1) is 11.6 Å². The molecule has 1 aromatic rings. The summed E-state index contributed by atoms with van der Waals surface area (Å²) in [5.41, 5.74) is 0.181. The van der Waals surface area contributed by atoms with Gasteiger partial charge in [-0.25, -0.2) is 9.78 Å². The normalized spacial score (nSPS) is 14.2. The molecule has 17 heavy (non-hydrogen) atoms. The first-order chi connectivity index (χ1) is 7.97. The van der Waals surface area contributed by atoms with Crippen molar-refractivity contribution < 1.29 is 19.7 Å². The van der Waals surface area contributed by atoms with Gasteiger partial charge in [0.25, 0.3) is 0 Å². The first kappa shape index (κ1) is 14.2. The number of aliphatic hydroxyl groups is 2. The van der Waals surface area contributed by atoms with E-state index < -0.39 is 18.2 Å². The molecule has 0 bridgehead atoms. The van der Waals surface area contributed by atoms with E-state index >= 15 is 0 Å². The van der Waals surface area contributed by atoms with Gasteiger partial charge < -0.3 is 14.9 Å². The second-order valence-corrected chi connectivity index (χ2v) is 3.95. The molecule has 0 aliphatic rings. The number of hydrogen-bond donors (Lipinski definition) is 2. The number of esters is 1. The highest BCUT2D eigenvalue weighted by atomic mass is 35.5. The molecule has 1 rings (SSSR count). The summed E-state index contributed by atoms with van der Waals surface area (Å²) in [6.45, 7) is 1.71. The SMILES string of the molecule is CCOC(=O)C(O)C(O)c1cnc(Cl)c(Cl)c1. The molecule has 0 aliphatic heterocycles. The van der Waals surface area contributed by atoms with Crippen LogP contribution in [0, 0.1) is 0 Å². The number of ether oxygens (including phenoxy) is 1. The highest BCUT2D eigenvalue weighted by Gasteiger charge is 2.27. The summed E-state index contributed by atoms with van der Waals surface area (Å²) < 4.78 is 4.57. The van der Waals surface area contributed by atoms with E-state index in [1.807, 2.05) is 0 Å². The van der Waals surface area contributed by atoms with Crippen molar-refractivity contribution in [2.45, 2.75) is 19.1 Å². The summed E-state index contributed by atoms with van der Waals surface area (Å²) in [6.07, 6.45) is -1.92. The van der Waals surface area contributed by atoms with E-state index in [9.17, 15) is 15.0 Å². The van der Waals surface area contributed by atoms with Gasteiger partial charge in [0.1, 0.15) is 11.3 Å².